The minimum Gasteiger partial charge on any atom is -0.480 e. The van der Waals surface area contributed by atoms with Crippen molar-refractivity contribution in [2.75, 3.05) is 0 Å². The molecule has 5 nitrogen and oxygen atoms in total. The number of carbonyl (C=O) groups is 2. The molecule has 1 N–H and O–H groups in total. The number of aliphatic carboxylic acids is 1. The van der Waals surface area contributed by atoms with Crippen molar-refractivity contribution in [3.63, 3.8) is 0 Å². The van der Waals surface area contributed by atoms with E-state index < -0.39 is 12.0 Å². The molecule has 0 aliphatic carbocycles. The highest BCUT2D eigenvalue weighted by Gasteiger charge is 2.22. The Hall–Kier alpha value is -2.73. The van der Waals surface area contributed by atoms with Crippen molar-refractivity contribution in [3.8, 4) is 0 Å². The first-order valence-electron chi connectivity index (χ1n) is 8.00. The summed E-state index contributed by atoms with van der Waals surface area (Å²) in [7, 11) is 0. The Morgan fingerprint density at radius 2 is 1.84 bits per heavy atom. The maximum Gasteiger partial charge on any atom is 0.326 e. The first-order chi connectivity index (χ1) is 12.0. The Labute approximate surface area is 148 Å². The van der Waals surface area contributed by atoms with Crippen LogP contribution in [0.4, 0.5) is 0 Å². The summed E-state index contributed by atoms with van der Waals surface area (Å²) in [6.45, 7) is 3.67. The predicted molar refractivity (Wildman–Crippen MR) is 97.9 cm³/mol. The van der Waals surface area contributed by atoms with Gasteiger partial charge in [0.2, 0.25) is 0 Å². The van der Waals surface area contributed by atoms with Gasteiger partial charge in [0.05, 0.1) is 10.2 Å². The van der Waals surface area contributed by atoms with E-state index >= 15 is 0 Å². The Bertz CT molecular complexity index is 1020. The molecule has 128 valence electrons. The van der Waals surface area contributed by atoms with E-state index in [9.17, 15) is 14.7 Å². The van der Waals surface area contributed by atoms with Gasteiger partial charge in [0, 0.05) is 5.56 Å². The van der Waals surface area contributed by atoms with Crippen LogP contribution in [0.2, 0.25) is 0 Å². The van der Waals surface area contributed by atoms with Crippen LogP contribution in [0.1, 0.15) is 35.3 Å². The number of amides is 1. The third-order valence-corrected chi connectivity index (χ3v) is 5.12. The molecule has 1 amide bonds. The summed E-state index contributed by atoms with van der Waals surface area (Å²) in [5.41, 5.74) is 2.14. The van der Waals surface area contributed by atoms with Crippen LogP contribution in [0.15, 0.2) is 53.5 Å². The zero-order valence-corrected chi connectivity index (χ0v) is 14.8. The Balaban J connectivity index is 2.23. The van der Waals surface area contributed by atoms with Crippen molar-refractivity contribution >= 4 is 33.4 Å². The van der Waals surface area contributed by atoms with Crippen LogP contribution >= 0.6 is 11.3 Å². The van der Waals surface area contributed by atoms with E-state index in [1.165, 1.54) is 11.3 Å². The SMILES string of the molecule is CCC(C(=O)O)n1c(=NC(=O)c2ccccc2C)sc2ccccc21. The van der Waals surface area contributed by atoms with E-state index in [-0.39, 0.29) is 5.91 Å². The Morgan fingerprint density at radius 1 is 1.16 bits per heavy atom. The van der Waals surface area contributed by atoms with Crippen LogP contribution in [-0.4, -0.2) is 21.6 Å². The van der Waals surface area contributed by atoms with E-state index in [1.54, 1.807) is 16.7 Å². The first kappa shape index (κ1) is 17.1. The van der Waals surface area contributed by atoms with Gasteiger partial charge in [-0.2, -0.15) is 4.99 Å². The molecule has 0 fully saturated rings. The second kappa shape index (κ2) is 7.03. The number of thiazole rings is 1. The van der Waals surface area contributed by atoms with Gasteiger partial charge in [-0.15, -0.1) is 0 Å². The summed E-state index contributed by atoms with van der Waals surface area (Å²) < 4.78 is 2.55. The summed E-state index contributed by atoms with van der Waals surface area (Å²) >= 11 is 1.33. The standard InChI is InChI=1S/C19H18N2O3S/c1-3-14(18(23)24)21-15-10-6-7-11-16(15)25-19(21)20-17(22)13-9-5-4-8-12(13)2/h4-11,14H,3H2,1-2H3,(H,23,24). The van der Waals surface area contributed by atoms with Gasteiger partial charge in [0.15, 0.2) is 4.80 Å². The lowest BCUT2D eigenvalue weighted by Gasteiger charge is -2.13. The minimum atomic E-state index is -0.934. The summed E-state index contributed by atoms with van der Waals surface area (Å²) in [6.07, 6.45) is 0.405. The molecule has 0 radical (unpaired) electrons. The fraction of sp³-hybridized carbons (Fsp3) is 0.211. The number of para-hydroxylation sites is 1. The molecule has 0 aliphatic rings. The molecule has 1 heterocycles. The second-order valence-electron chi connectivity index (χ2n) is 5.72. The Kier molecular flexibility index (Phi) is 4.81. The zero-order valence-electron chi connectivity index (χ0n) is 14.0. The molecule has 0 bridgehead atoms. The molecular formula is C19H18N2O3S. The zero-order chi connectivity index (χ0) is 18.0. The molecule has 0 saturated heterocycles. The average molecular weight is 354 g/mol. The molecule has 6 heteroatoms. The number of aromatic nitrogens is 1. The van der Waals surface area contributed by atoms with Gasteiger partial charge in [-0.25, -0.2) is 4.79 Å². The lowest BCUT2D eigenvalue weighted by molar-refractivity contribution is -0.140. The van der Waals surface area contributed by atoms with Crippen LogP contribution in [0.5, 0.6) is 0 Å². The van der Waals surface area contributed by atoms with Crippen LogP contribution in [0, 0.1) is 6.92 Å². The number of aryl methyl sites for hydroxylation is 1. The fourth-order valence-corrected chi connectivity index (χ4v) is 3.87. The van der Waals surface area contributed by atoms with Crippen LogP contribution in [0.25, 0.3) is 10.2 Å². The number of benzene rings is 2. The molecule has 2 aromatic carbocycles. The molecule has 0 aliphatic heterocycles. The predicted octanol–water partition coefficient (Wildman–Crippen LogP) is 3.79. The van der Waals surface area contributed by atoms with Gasteiger partial charge in [-0.1, -0.05) is 48.6 Å². The van der Waals surface area contributed by atoms with E-state index in [1.807, 2.05) is 50.2 Å². The van der Waals surface area contributed by atoms with Gasteiger partial charge >= 0.3 is 5.97 Å². The fourth-order valence-electron chi connectivity index (χ4n) is 2.80. The third-order valence-electron chi connectivity index (χ3n) is 4.09. The van der Waals surface area contributed by atoms with Crippen LogP contribution in [0.3, 0.4) is 0 Å². The highest BCUT2D eigenvalue weighted by molar-refractivity contribution is 7.16. The van der Waals surface area contributed by atoms with Crippen molar-refractivity contribution in [1.82, 2.24) is 4.57 Å². The van der Waals surface area contributed by atoms with Crippen molar-refractivity contribution in [1.29, 1.82) is 0 Å². The van der Waals surface area contributed by atoms with E-state index in [0.29, 0.717) is 16.8 Å². The number of carboxylic acid groups (broad SMARTS) is 1. The molecule has 3 aromatic rings. The number of rotatable bonds is 4. The number of nitrogens with zero attached hydrogens (tertiary/aromatic N) is 2. The van der Waals surface area contributed by atoms with Crippen molar-refractivity contribution in [3.05, 3.63) is 64.5 Å². The van der Waals surface area contributed by atoms with E-state index in [0.717, 1.165) is 15.8 Å². The lowest BCUT2D eigenvalue weighted by Crippen LogP contribution is -2.27. The summed E-state index contributed by atoms with van der Waals surface area (Å²) in [5, 5.41) is 9.58. The van der Waals surface area contributed by atoms with Crippen molar-refractivity contribution < 1.29 is 14.7 Å². The maximum atomic E-state index is 12.6. The molecule has 25 heavy (non-hydrogen) atoms. The molecule has 1 atom stereocenters. The Morgan fingerprint density at radius 3 is 2.52 bits per heavy atom. The highest BCUT2D eigenvalue weighted by Crippen LogP contribution is 2.22. The number of fused-ring (bicyclic) bond motifs is 1. The van der Waals surface area contributed by atoms with Crippen molar-refractivity contribution in [2.24, 2.45) is 4.99 Å². The molecular weight excluding hydrogens is 336 g/mol. The number of carboxylic acids is 1. The largest absolute Gasteiger partial charge is 0.480 e. The number of carbonyl (C=O) groups excluding carboxylic acids is 1. The van der Waals surface area contributed by atoms with E-state index in [2.05, 4.69) is 4.99 Å². The van der Waals surface area contributed by atoms with Crippen molar-refractivity contribution in [2.45, 2.75) is 26.3 Å². The number of hydrogen-bond donors (Lipinski definition) is 1. The number of hydrogen-bond acceptors (Lipinski definition) is 3. The molecule has 0 spiro atoms. The molecule has 1 aromatic heterocycles. The van der Waals surface area contributed by atoms with Gasteiger partial charge in [-0.3, -0.25) is 4.79 Å². The normalized spacial score (nSPS) is 13.1. The van der Waals surface area contributed by atoms with Crippen LogP contribution < -0.4 is 4.80 Å². The second-order valence-corrected chi connectivity index (χ2v) is 6.73. The molecule has 0 saturated carbocycles. The van der Waals surface area contributed by atoms with Gasteiger partial charge in [-0.05, 0) is 37.1 Å². The molecule has 1 unspecified atom stereocenters. The monoisotopic (exact) mass is 354 g/mol. The minimum absolute atomic E-state index is 0.362. The molecule has 3 rings (SSSR count). The topological polar surface area (TPSA) is 71.7 Å². The van der Waals surface area contributed by atoms with Crippen LogP contribution in [-0.2, 0) is 4.79 Å². The summed E-state index contributed by atoms with van der Waals surface area (Å²) in [6, 6.07) is 14.0. The van der Waals surface area contributed by atoms with Gasteiger partial charge in [0.25, 0.3) is 5.91 Å². The smallest absolute Gasteiger partial charge is 0.326 e. The first-order valence-corrected chi connectivity index (χ1v) is 8.82. The van der Waals surface area contributed by atoms with Gasteiger partial charge in [0.1, 0.15) is 6.04 Å². The summed E-state index contributed by atoms with van der Waals surface area (Å²) in [5.74, 6) is -1.30. The van der Waals surface area contributed by atoms with Gasteiger partial charge < -0.3 is 9.67 Å². The average Bonchev–Trinajstić information content (AvgIpc) is 2.94. The summed E-state index contributed by atoms with van der Waals surface area (Å²) in [4.78, 5) is 29.0. The quantitative estimate of drug-likeness (QED) is 0.775. The highest BCUT2D eigenvalue weighted by atomic mass is 32.1. The van der Waals surface area contributed by atoms with E-state index in [4.69, 9.17) is 0 Å². The lowest BCUT2D eigenvalue weighted by atomic mass is 10.1. The maximum absolute atomic E-state index is 12.6. The third kappa shape index (κ3) is 3.25.